The summed E-state index contributed by atoms with van der Waals surface area (Å²) in [5.41, 5.74) is 9.52. The highest BCUT2D eigenvalue weighted by Crippen LogP contribution is 2.49. The van der Waals surface area contributed by atoms with Crippen molar-refractivity contribution in [1.82, 2.24) is 9.97 Å². The van der Waals surface area contributed by atoms with E-state index in [9.17, 15) is 4.79 Å². The Balaban J connectivity index is 1.87. The van der Waals surface area contributed by atoms with Gasteiger partial charge in [-0.05, 0) is 28.8 Å². The van der Waals surface area contributed by atoms with Crippen LogP contribution in [-0.2, 0) is 0 Å². The summed E-state index contributed by atoms with van der Waals surface area (Å²) in [6.45, 7) is 0. The number of hydrogen-bond donors (Lipinski definition) is 2. The minimum absolute atomic E-state index is 0.0108. The predicted molar refractivity (Wildman–Crippen MR) is 139 cm³/mol. The highest BCUT2D eigenvalue weighted by atomic mass is 16.5. The van der Waals surface area contributed by atoms with Gasteiger partial charge in [0.1, 0.15) is 0 Å². The van der Waals surface area contributed by atoms with Crippen LogP contribution < -0.4 is 25.5 Å². The fraction of sp³-hybridized carbons (Fsp3) is 0.179. The highest BCUT2D eigenvalue weighted by molar-refractivity contribution is 6.08. The number of H-pyrrole nitrogens is 1. The van der Waals surface area contributed by atoms with Crippen molar-refractivity contribution in [3.63, 3.8) is 0 Å². The summed E-state index contributed by atoms with van der Waals surface area (Å²) in [6.07, 6.45) is 0. The van der Waals surface area contributed by atoms with Crippen LogP contribution in [0.2, 0.25) is 0 Å². The van der Waals surface area contributed by atoms with Crippen LogP contribution in [0.15, 0.2) is 82.6 Å². The SMILES string of the molecule is COc1cc([C@@H]2c3c(nc(N)[nH]c3=O)N=C(c3ccccc3)[C@H]2c2ccccc2)cc(OC)c1OC. The Hall–Kier alpha value is -4.59. The van der Waals surface area contributed by atoms with Crippen molar-refractivity contribution in [3.8, 4) is 17.2 Å². The first kappa shape index (κ1) is 23.2. The van der Waals surface area contributed by atoms with Crippen LogP contribution in [-0.4, -0.2) is 37.0 Å². The number of rotatable bonds is 6. The number of ether oxygens (including phenoxy) is 3. The second-order valence-electron chi connectivity index (χ2n) is 8.38. The molecule has 0 saturated heterocycles. The molecular formula is C28H26N4O4. The van der Waals surface area contributed by atoms with Gasteiger partial charge in [0.25, 0.3) is 5.56 Å². The van der Waals surface area contributed by atoms with E-state index in [4.69, 9.17) is 24.9 Å². The van der Waals surface area contributed by atoms with Gasteiger partial charge in [0.2, 0.25) is 11.7 Å². The van der Waals surface area contributed by atoms with Gasteiger partial charge in [-0.1, -0.05) is 60.7 Å². The molecule has 0 radical (unpaired) electrons. The molecule has 2 heterocycles. The van der Waals surface area contributed by atoms with Gasteiger partial charge in [-0.25, -0.2) is 4.99 Å². The third kappa shape index (κ3) is 3.96. The Bertz CT molecular complexity index is 1460. The van der Waals surface area contributed by atoms with Gasteiger partial charge in [0.05, 0.1) is 32.6 Å². The second kappa shape index (κ2) is 9.58. The lowest BCUT2D eigenvalue weighted by atomic mass is 9.72. The van der Waals surface area contributed by atoms with Crippen molar-refractivity contribution in [1.29, 1.82) is 0 Å². The van der Waals surface area contributed by atoms with E-state index in [1.54, 1.807) is 21.3 Å². The number of benzene rings is 3. The number of nitrogens with one attached hydrogen (secondary N) is 1. The van der Waals surface area contributed by atoms with E-state index >= 15 is 0 Å². The zero-order chi connectivity index (χ0) is 25.2. The monoisotopic (exact) mass is 482 g/mol. The number of nitrogen functional groups attached to an aromatic ring is 1. The maximum absolute atomic E-state index is 13.4. The van der Waals surface area contributed by atoms with Crippen LogP contribution in [0.25, 0.3) is 0 Å². The molecule has 1 aliphatic heterocycles. The second-order valence-corrected chi connectivity index (χ2v) is 8.38. The Morgan fingerprint density at radius 2 is 1.42 bits per heavy atom. The van der Waals surface area contributed by atoms with E-state index in [2.05, 4.69) is 9.97 Å². The van der Waals surface area contributed by atoms with Crippen LogP contribution in [0.1, 0.15) is 34.1 Å². The number of anilines is 1. The first-order chi connectivity index (χ1) is 17.5. The van der Waals surface area contributed by atoms with Gasteiger partial charge in [-0.15, -0.1) is 0 Å². The number of nitrogens with two attached hydrogens (primary N) is 1. The minimum atomic E-state index is -0.472. The number of hydrogen-bond acceptors (Lipinski definition) is 7. The number of aromatic amines is 1. The first-order valence-electron chi connectivity index (χ1n) is 11.4. The Morgan fingerprint density at radius 1 is 0.806 bits per heavy atom. The Morgan fingerprint density at radius 3 is 2.00 bits per heavy atom. The van der Waals surface area contributed by atoms with Gasteiger partial charge >= 0.3 is 0 Å². The van der Waals surface area contributed by atoms with E-state index in [0.717, 1.165) is 22.4 Å². The van der Waals surface area contributed by atoms with Crippen molar-refractivity contribution in [3.05, 3.63) is 105 Å². The average Bonchev–Trinajstić information content (AvgIpc) is 2.91. The van der Waals surface area contributed by atoms with Crippen LogP contribution in [0.3, 0.4) is 0 Å². The summed E-state index contributed by atoms with van der Waals surface area (Å²) in [4.78, 5) is 25.4. The molecule has 3 aromatic carbocycles. The third-order valence-electron chi connectivity index (χ3n) is 6.39. The Kier molecular flexibility index (Phi) is 6.16. The molecule has 182 valence electrons. The van der Waals surface area contributed by atoms with E-state index in [1.807, 2.05) is 72.8 Å². The largest absolute Gasteiger partial charge is 0.493 e. The van der Waals surface area contributed by atoms with Crippen molar-refractivity contribution in [2.45, 2.75) is 11.8 Å². The molecule has 0 bridgehead atoms. The number of aromatic nitrogens is 2. The zero-order valence-corrected chi connectivity index (χ0v) is 20.2. The van der Waals surface area contributed by atoms with Gasteiger partial charge in [0, 0.05) is 11.8 Å². The van der Waals surface area contributed by atoms with Crippen LogP contribution >= 0.6 is 0 Å². The molecule has 5 rings (SSSR count). The van der Waals surface area contributed by atoms with Crippen LogP contribution in [0, 0.1) is 0 Å². The smallest absolute Gasteiger partial charge is 0.258 e. The maximum Gasteiger partial charge on any atom is 0.258 e. The lowest BCUT2D eigenvalue weighted by Gasteiger charge is -2.33. The number of nitrogens with zero attached hydrogens (tertiary/aromatic N) is 2. The summed E-state index contributed by atoms with van der Waals surface area (Å²) in [5, 5.41) is 0. The summed E-state index contributed by atoms with van der Waals surface area (Å²) < 4.78 is 16.8. The van der Waals surface area contributed by atoms with Gasteiger partial charge in [-0.3, -0.25) is 9.78 Å². The van der Waals surface area contributed by atoms with Gasteiger partial charge < -0.3 is 19.9 Å². The van der Waals surface area contributed by atoms with E-state index in [-0.39, 0.29) is 17.4 Å². The number of methoxy groups -OCH3 is 3. The fourth-order valence-corrected chi connectivity index (χ4v) is 4.86. The molecule has 3 N–H and O–H groups in total. The molecule has 2 atom stereocenters. The summed E-state index contributed by atoms with van der Waals surface area (Å²) in [6, 6.07) is 23.6. The van der Waals surface area contributed by atoms with Crippen LogP contribution in [0.5, 0.6) is 17.2 Å². The minimum Gasteiger partial charge on any atom is -0.493 e. The molecule has 0 amide bonds. The van der Waals surface area contributed by atoms with Gasteiger partial charge in [0.15, 0.2) is 17.3 Å². The molecule has 1 aromatic heterocycles. The molecule has 0 fully saturated rings. The molecule has 1 aliphatic rings. The fourth-order valence-electron chi connectivity index (χ4n) is 4.86. The van der Waals surface area contributed by atoms with Crippen molar-refractivity contribution in [2.24, 2.45) is 4.99 Å². The molecule has 4 aromatic rings. The number of fused-ring (bicyclic) bond motifs is 1. The Labute approximate surface area is 208 Å². The summed E-state index contributed by atoms with van der Waals surface area (Å²) in [7, 11) is 4.69. The van der Waals surface area contributed by atoms with Crippen molar-refractivity contribution in [2.75, 3.05) is 27.1 Å². The van der Waals surface area contributed by atoms with Crippen molar-refractivity contribution < 1.29 is 14.2 Å². The molecule has 0 unspecified atom stereocenters. The quantitative estimate of drug-likeness (QED) is 0.421. The van der Waals surface area contributed by atoms with Gasteiger partial charge in [-0.2, -0.15) is 4.98 Å². The lowest BCUT2D eigenvalue weighted by Crippen LogP contribution is -2.31. The first-order valence-corrected chi connectivity index (χ1v) is 11.4. The highest BCUT2D eigenvalue weighted by Gasteiger charge is 2.39. The standard InChI is InChI=1S/C28H26N4O4/c1-34-19-14-18(15-20(35-2)25(19)36-3)21-22(16-10-6-4-7-11-16)24(17-12-8-5-9-13-17)30-26-23(21)27(33)32-28(29)31-26/h4-15,21-22H,1-3H3,(H3,29,31,32,33)/t21-,22-/m0/s1. The van der Waals surface area contributed by atoms with Crippen LogP contribution in [0.4, 0.5) is 11.8 Å². The molecule has 0 spiro atoms. The molecule has 8 heteroatoms. The lowest BCUT2D eigenvalue weighted by molar-refractivity contribution is 0.323. The molecule has 36 heavy (non-hydrogen) atoms. The van der Waals surface area contributed by atoms with E-state index < -0.39 is 5.92 Å². The third-order valence-corrected chi connectivity index (χ3v) is 6.39. The van der Waals surface area contributed by atoms with E-state index in [0.29, 0.717) is 28.6 Å². The number of aliphatic imine (C=N–C) groups is 1. The molecule has 0 saturated carbocycles. The summed E-state index contributed by atoms with van der Waals surface area (Å²) >= 11 is 0. The van der Waals surface area contributed by atoms with Crippen molar-refractivity contribution >= 4 is 17.5 Å². The summed E-state index contributed by atoms with van der Waals surface area (Å²) in [5.74, 6) is 0.971. The van der Waals surface area contributed by atoms with E-state index in [1.165, 1.54) is 0 Å². The predicted octanol–water partition coefficient (Wildman–Crippen LogP) is 4.43. The maximum atomic E-state index is 13.4. The zero-order valence-electron chi connectivity index (χ0n) is 20.2. The topological polar surface area (TPSA) is 112 Å². The molecule has 8 nitrogen and oxygen atoms in total. The average molecular weight is 483 g/mol. The normalized spacial score (nSPS) is 16.6. The molecule has 0 aliphatic carbocycles. The molecular weight excluding hydrogens is 456 g/mol.